The van der Waals surface area contributed by atoms with E-state index in [9.17, 15) is 4.79 Å². The average molecular weight is 205 g/mol. The summed E-state index contributed by atoms with van der Waals surface area (Å²) in [7, 11) is 3.56. The van der Waals surface area contributed by atoms with E-state index in [1.165, 1.54) is 4.90 Å². The minimum Gasteiger partial charge on any atom is -0.357 e. The summed E-state index contributed by atoms with van der Waals surface area (Å²) in [5, 5.41) is 0. The maximum absolute atomic E-state index is 10.5. The van der Waals surface area contributed by atoms with Gasteiger partial charge in [-0.15, -0.1) is 0 Å². The van der Waals surface area contributed by atoms with Crippen molar-refractivity contribution in [2.45, 2.75) is 6.54 Å². The van der Waals surface area contributed by atoms with Crippen LogP contribution in [0.15, 0.2) is 36.9 Å². The first-order valence-electron chi connectivity index (χ1n) is 4.62. The number of carbonyl (C=O) groups is 1. The first kappa shape index (κ1) is 11.2. The smallest absolute Gasteiger partial charge is 0.214 e. The Morgan fingerprint density at radius 2 is 2.33 bits per heavy atom. The predicted molar refractivity (Wildman–Crippen MR) is 58.7 cm³/mol. The van der Waals surface area contributed by atoms with E-state index in [4.69, 9.17) is 0 Å². The van der Waals surface area contributed by atoms with Gasteiger partial charge in [-0.3, -0.25) is 9.78 Å². The van der Waals surface area contributed by atoms with E-state index in [2.05, 4.69) is 11.6 Å². The van der Waals surface area contributed by atoms with Gasteiger partial charge in [-0.25, -0.2) is 0 Å². The molecule has 4 heteroatoms. The Morgan fingerprint density at radius 3 is 2.87 bits per heavy atom. The third-order valence-electron chi connectivity index (χ3n) is 2.15. The van der Waals surface area contributed by atoms with Crippen molar-refractivity contribution in [2.75, 3.05) is 14.1 Å². The molecule has 4 nitrogen and oxygen atoms in total. The van der Waals surface area contributed by atoms with E-state index < -0.39 is 0 Å². The summed E-state index contributed by atoms with van der Waals surface area (Å²) in [4.78, 5) is 17.9. The van der Waals surface area contributed by atoms with Crippen LogP contribution in [0.3, 0.4) is 0 Å². The second-order valence-corrected chi connectivity index (χ2v) is 3.35. The van der Waals surface area contributed by atoms with Crippen LogP contribution in [0.1, 0.15) is 5.56 Å². The van der Waals surface area contributed by atoms with Crippen molar-refractivity contribution in [1.82, 2.24) is 14.8 Å². The maximum Gasteiger partial charge on any atom is 0.214 e. The zero-order valence-electron chi connectivity index (χ0n) is 9.05. The number of hydrogen-bond donors (Lipinski definition) is 0. The molecule has 0 aliphatic heterocycles. The van der Waals surface area contributed by atoms with Gasteiger partial charge in [0.25, 0.3) is 0 Å². The van der Waals surface area contributed by atoms with Gasteiger partial charge in [-0.2, -0.15) is 0 Å². The SMILES string of the molecule is C=C(N(C)C=O)N(C)Cc1cccnc1. The van der Waals surface area contributed by atoms with Crippen molar-refractivity contribution in [1.29, 1.82) is 0 Å². The fourth-order valence-corrected chi connectivity index (χ4v) is 1.19. The molecule has 0 aliphatic rings. The predicted octanol–water partition coefficient (Wildman–Crippen LogP) is 1.07. The molecule has 80 valence electrons. The molecule has 0 aliphatic carbocycles. The summed E-state index contributed by atoms with van der Waals surface area (Å²) in [6.07, 6.45) is 4.27. The Balaban J connectivity index is 2.60. The van der Waals surface area contributed by atoms with Crippen molar-refractivity contribution in [3.63, 3.8) is 0 Å². The van der Waals surface area contributed by atoms with Crippen molar-refractivity contribution in [2.24, 2.45) is 0 Å². The summed E-state index contributed by atoms with van der Waals surface area (Å²) >= 11 is 0. The van der Waals surface area contributed by atoms with Gasteiger partial charge in [0, 0.05) is 33.0 Å². The molecular formula is C11H15N3O. The molecule has 0 N–H and O–H groups in total. The molecule has 0 spiro atoms. The zero-order valence-corrected chi connectivity index (χ0v) is 9.05. The fraction of sp³-hybridized carbons (Fsp3) is 0.273. The summed E-state index contributed by atoms with van der Waals surface area (Å²) in [6.45, 7) is 4.51. The van der Waals surface area contributed by atoms with Crippen LogP contribution in [0.4, 0.5) is 0 Å². The molecule has 15 heavy (non-hydrogen) atoms. The molecule has 1 heterocycles. The zero-order chi connectivity index (χ0) is 11.3. The molecule has 0 saturated carbocycles. The van der Waals surface area contributed by atoms with Gasteiger partial charge in [-0.1, -0.05) is 12.6 Å². The van der Waals surface area contributed by atoms with E-state index in [1.54, 1.807) is 19.4 Å². The molecule has 0 aromatic carbocycles. The molecule has 1 rings (SSSR count). The maximum atomic E-state index is 10.5. The van der Waals surface area contributed by atoms with Crippen LogP contribution in [-0.4, -0.2) is 35.3 Å². The first-order valence-corrected chi connectivity index (χ1v) is 4.62. The minimum atomic E-state index is 0.661. The molecule has 0 atom stereocenters. The summed E-state index contributed by atoms with van der Waals surface area (Å²) in [5.74, 6) is 0.661. The van der Waals surface area contributed by atoms with E-state index in [0.717, 1.165) is 12.0 Å². The van der Waals surface area contributed by atoms with E-state index in [1.807, 2.05) is 24.1 Å². The third kappa shape index (κ3) is 3.09. The van der Waals surface area contributed by atoms with E-state index in [-0.39, 0.29) is 0 Å². The Morgan fingerprint density at radius 1 is 1.60 bits per heavy atom. The van der Waals surface area contributed by atoms with Crippen LogP contribution in [0, 0.1) is 0 Å². The number of carbonyl (C=O) groups excluding carboxylic acids is 1. The molecule has 1 aromatic heterocycles. The van der Waals surface area contributed by atoms with E-state index in [0.29, 0.717) is 12.4 Å². The highest BCUT2D eigenvalue weighted by Gasteiger charge is 2.06. The lowest BCUT2D eigenvalue weighted by molar-refractivity contribution is -0.116. The van der Waals surface area contributed by atoms with Crippen LogP contribution >= 0.6 is 0 Å². The van der Waals surface area contributed by atoms with Gasteiger partial charge >= 0.3 is 0 Å². The lowest BCUT2D eigenvalue weighted by Crippen LogP contribution is -2.28. The average Bonchev–Trinajstić information content (AvgIpc) is 2.28. The number of rotatable bonds is 5. The van der Waals surface area contributed by atoms with Crippen LogP contribution in [0.2, 0.25) is 0 Å². The van der Waals surface area contributed by atoms with Crippen LogP contribution in [-0.2, 0) is 11.3 Å². The number of amides is 1. The first-order chi connectivity index (χ1) is 7.15. The molecule has 0 fully saturated rings. The molecule has 1 aromatic rings. The Bertz CT molecular complexity index is 337. The molecule has 1 amide bonds. The van der Waals surface area contributed by atoms with Crippen LogP contribution < -0.4 is 0 Å². The van der Waals surface area contributed by atoms with Gasteiger partial charge in [-0.05, 0) is 11.6 Å². The van der Waals surface area contributed by atoms with Gasteiger partial charge in [0.2, 0.25) is 6.41 Å². The molecule has 0 unspecified atom stereocenters. The summed E-state index contributed by atoms with van der Waals surface area (Å²) in [5.41, 5.74) is 1.08. The Hall–Kier alpha value is -1.84. The third-order valence-corrected chi connectivity index (χ3v) is 2.15. The van der Waals surface area contributed by atoms with Crippen LogP contribution in [0.5, 0.6) is 0 Å². The van der Waals surface area contributed by atoms with Crippen molar-refractivity contribution in [3.8, 4) is 0 Å². The van der Waals surface area contributed by atoms with Gasteiger partial charge in [0.1, 0.15) is 5.82 Å². The highest BCUT2D eigenvalue weighted by Crippen LogP contribution is 2.07. The van der Waals surface area contributed by atoms with E-state index >= 15 is 0 Å². The molecule has 0 bridgehead atoms. The standard InChI is InChI=1S/C11H15N3O/c1-10(14(3)9-15)13(2)8-11-5-4-6-12-7-11/h4-7,9H,1,8H2,2-3H3. The fourth-order valence-electron chi connectivity index (χ4n) is 1.19. The summed E-state index contributed by atoms with van der Waals surface area (Å²) < 4.78 is 0. The minimum absolute atomic E-state index is 0.661. The Kier molecular flexibility index (Phi) is 3.85. The van der Waals surface area contributed by atoms with Gasteiger partial charge in [0.15, 0.2) is 0 Å². The topological polar surface area (TPSA) is 36.4 Å². The molecule has 0 saturated heterocycles. The number of nitrogens with zero attached hydrogens (tertiary/aromatic N) is 3. The van der Waals surface area contributed by atoms with Gasteiger partial charge < -0.3 is 9.80 Å². The highest BCUT2D eigenvalue weighted by atomic mass is 16.1. The second-order valence-electron chi connectivity index (χ2n) is 3.35. The lowest BCUT2D eigenvalue weighted by Gasteiger charge is -2.25. The highest BCUT2D eigenvalue weighted by molar-refractivity contribution is 5.49. The normalized spacial score (nSPS) is 9.47. The Labute approximate surface area is 89.8 Å². The van der Waals surface area contributed by atoms with Gasteiger partial charge in [0.05, 0.1) is 0 Å². The van der Waals surface area contributed by atoms with Crippen molar-refractivity contribution < 1.29 is 4.79 Å². The largest absolute Gasteiger partial charge is 0.357 e. The molecular weight excluding hydrogens is 190 g/mol. The second kappa shape index (κ2) is 5.14. The monoisotopic (exact) mass is 205 g/mol. The number of hydrogen-bond acceptors (Lipinski definition) is 3. The van der Waals surface area contributed by atoms with Crippen molar-refractivity contribution in [3.05, 3.63) is 42.5 Å². The number of pyridine rings is 1. The van der Waals surface area contributed by atoms with Crippen LogP contribution in [0.25, 0.3) is 0 Å². The number of aromatic nitrogens is 1. The molecule has 0 radical (unpaired) electrons. The quantitative estimate of drug-likeness (QED) is 0.675. The summed E-state index contributed by atoms with van der Waals surface area (Å²) in [6, 6.07) is 3.87. The lowest BCUT2D eigenvalue weighted by atomic mass is 10.3. The van der Waals surface area contributed by atoms with Crippen molar-refractivity contribution >= 4 is 6.41 Å².